The zero-order valence-corrected chi connectivity index (χ0v) is 8.22. The highest BCUT2D eigenvalue weighted by molar-refractivity contribution is 5.84. The predicted octanol–water partition coefficient (Wildman–Crippen LogP) is 1.27. The standard InChI is InChI=1S/C12H14N2/c13-8-5-6-12-10(7-8)9-3-1-2-4-11(9)14-12/h1-4,8,14H,5-7,13H2/p+1/t8-/m1/s1. The van der Waals surface area contributed by atoms with E-state index in [1.807, 2.05) is 0 Å². The van der Waals surface area contributed by atoms with Gasteiger partial charge >= 0.3 is 0 Å². The molecule has 1 aliphatic rings. The number of fused-ring (bicyclic) bond motifs is 3. The molecule has 2 nitrogen and oxygen atoms in total. The highest BCUT2D eigenvalue weighted by Crippen LogP contribution is 2.27. The van der Waals surface area contributed by atoms with Crippen LogP contribution in [0, 0.1) is 0 Å². The molecule has 3 rings (SSSR count). The van der Waals surface area contributed by atoms with Crippen molar-refractivity contribution in [2.75, 3.05) is 0 Å². The Morgan fingerprint density at radius 3 is 3.07 bits per heavy atom. The summed E-state index contributed by atoms with van der Waals surface area (Å²) in [7, 11) is 0. The van der Waals surface area contributed by atoms with E-state index >= 15 is 0 Å². The highest BCUT2D eigenvalue weighted by Gasteiger charge is 2.21. The number of hydrogen-bond acceptors (Lipinski definition) is 0. The molecule has 1 aromatic carbocycles. The lowest BCUT2D eigenvalue weighted by Gasteiger charge is -2.15. The second-order valence-electron chi connectivity index (χ2n) is 4.24. The van der Waals surface area contributed by atoms with Crippen LogP contribution in [-0.2, 0) is 12.8 Å². The normalized spacial score (nSPS) is 21.1. The van der Waals surface area contributed by atoms with E-state index in [1.54, 1.807) is 0 Å². The number of benzene rings is 1. The molecule has 14 heavy (non-hydrogen) atoms. The third-order valence-electron chi connectivity index (χ3n) is 3.20. The third kappa shape index (κ3) is 1.07. The molecule has 0 unspecified atom stereocenters. The molecule has 0 radical (unpaired) electrons. The van der Waals surface area contributed by atoms with Crippen molar-refractivity contribution < 1.29 is 5.73 Å². The Hall–Kier alpha value is -1.28. The molecule has 0 amide bonds. The predicted molar refractivity (Wildman–Crippen MR) is 57.0 cm³/mol. The van der Waals surface area contributed by atoms with Gasteiger partial charge < -0.3 is 10.7 Å². The molecular formula is C12H15N2+. The molecule has 72 valence electrons. The molecule has 2 aromatic rings. The van der Waals surface area contributed by atoms with Crippen LogP contribution in [0.3, 0.4) is 0 Å². The lowest BCUT2D eigenvalue weighted by Crippen LogP contribution is -2.62. The number of quaternary nitrogens is 1. The maximum Gasteiger partial charge on any atom is 0.0889 e. The maximum absolute atomic E-state index is 4.17. The Morgan fingerprint density at radius 1 is 1.29 bits per heavy atom. The van der Waals surface area contributed by atoms with Crippen molar-refractivity contribution >= 4 is 10.9 Å². The van der Waals surface area contributed by atoms with Gasteiger partial charge in [0.25, 0.3) is 0 Å². The van der Waals surface area contributed by atoms with Crippen LogP contribution >= 0.6 is 0 Å². The van der Waals surface area contributed by atoms with Gasteiger partial charge in [-0.1, -0.05) is 18.2 Å². The topological polar surface area (TPSA) is 43.4 Å². The summed E-state index contributed by atoms with van der Waals surface area (Å²) in [6.07, 6.45) is 3.53. The van der Waals surface area contributed by atoms with E-state index in [-0.39, 0.29) is 0 Å². The number of para-hydroxylation sites is 1. The summed E-state index contributed by atoms with van der Waals surface area (Å²) in [6, 6.07) is 9.17. The lowest BCUT2D eigenvalue weighted by molar-refractivity contribution is -0.421. The van der Waals surface area contributed by atoms with Gasteiger partial charge in [-0.25, -0.2) is 0 Å². The average Bonchev–Trinajstić information content (AvgIpc) is 2.56. The summed E-state index contributed by atoms with van der Waals surface area (Å²) >= 11 is 0. The Balaban J connectivity index is 2.25. The molecule has 0 saturated heterocycles. The molecule has 1 heterocycles. The summed E-state index contributed by atoms with van der Waals surface area (Å²) in [5.74, 6) is 0. The van der Waals surface area contributed by atoms with Gasteiger partial charge in [0.15, 0.2) is 0 Å². The molecular weight excluding hydrogens is 172 g/mol. The van der Waals surface area contributed by atoms with E-state index in [9.17, 15) is 0 Å². The number of rotatable bonds is 0. The van der Waals surface area contributed by atoms with Gasteiger partial charge in [0, 0.05) is 29.4 Å². The summed E-state index contributed by atoms with van der Waals surface area (Å²) in [6.45, 7) is 0. The minimum Gasteiger partial charge on any atom is -0.358 e. The summed E-state index contributed by atoms with van der Waals surface area (Å²) in [5.41, 5.74) is 8.40. The van der Waals surface area contributed by atoms with Gasteiger partial charge in [-0.3, -0.25) is 0 Å². The summed E-state index contributed by atoms with van der Waals surface area (Å²) in [5, 5.41) is 1.40. The Kier molecular flexibility index (Phi) is 1.64. The van der Waals surface area contributed by atoms with Crippen LogP contribution in [0.15, 0.2) is 24.3 Å². The molecule has 1 aromatic heterocycles. The largest absolute Gasteiger partial charge is 0.358 e. The van der Waals surface area contributed by atoms with Gasteiger partial charge in [0.2, 0.25) is 0 Å². The van der Waals surface area contributed by atoms with Crippen LogP contribution in [0.4, 0.5) is 0 Å². The number of nitrogens with one attached hydrogen (secondary N) is 1. The molecule has 0 saturated carbocycles. The van der Waals surface area contributed by atoms with Crippen molar-refractivity contribution in [3.63, 3.8) is 0 Å². The fourth-order valence-electron chi connectivity index (χ4n) is 2.44. The summed E-state index contributed by atoms with van der Waals surface area (Å²) in [4.78, 5) is 3.51. The fourth-order valence-corrected chi connectivity index (χ4v) is 2.44. The third-order valence-corrected chi connectivity index (χ3v) is 3.20. The monoisotopic (exact) mass is 187 g/mol. The smallest absolute Gasteiger partial charge is 0.0889 e. The number of hydrogen-bond donors (Lipinski definition) is 2. The van der Waals surface area contributed by atoms with Crippen LogP contribution in [0.2, 0.25) is 0 Å². The first-order valence-electron chi connectivity index (χ1n) is 5.26. The minimum atomic E-state index is 0.599. The molecule has 2 heteroatoms. The van der Waals surface area contributed by atoms with Crippen LogP contribution in [-0.4, -0.2) is 11.0 Å². The van der Waals surface area contributed by atoms with E-state index in [4.69, 9.17) is 0 Å². The number of aromatic nitrogens is 1. The second-order valence-corrected chi connectivity index (χ2v) is 4.24. The Bertz CT molecular complexity index is 470. The number of H-pyrrole nitrogens is 1. The quantitative estimate of drug-likeness (QED) is 0.624. The van der Waals surface area contributed by atoms with Crippen molar-refractivity contribution in [2.45, 2.75) is 25.3 Å². The van der Waals surface area contributed by atoms with E-state index in [0.717, 1.165) is 12.8 Å². The summed E-state index contributed by atoms with van der Waals surface area (Å²) < 4.78 is 0. The molecule has 1 aliphatic carbocycles. The first kappa shape index (κ1) is 8.06. The van der Waals surface area contributed by atoms with Crippen LogP contribution in [0.25, 0.3) is 10.9 Å². The SMILES string of the molecule is [NH3+][C@@H]1CCc2[nH]c3ccccc3c2C1. The fraction of sp³-hybridized carbons (Fsp3) is 0.333. The van der Waals surface area contributed by atoms with Crippen LogP contribution in [0.1, 0.15) is 17.7 Å². The first-order chi connectivity index (χ1) is 6.84. The van der Waals surface area contributed by atoms with Crippen LogP contribution in [0.5, 0.6) is 0 Å². The van der Waals surface area contributed by atoms with E-state index in [0.29, 0.717) is 6.04 Å². The maximum atomic E-state index is 4.17. The van der Waals surface area contributed by atoms with Gasteiger partial charge in [-0.2, -0.15) is 0 Å². The first-order valence-corrected chi connectivity index (χ1v) is 5.26. The van der Waals surface area contributed by atoms with Gasteiger partial charge in [-0.15, -0.1) is 0 Å². The highest BCUT2D eigenvalue weighted by atomic mass is 14.7. The van der Waals surface area contributed by atoms with Crippen molar-refractivity contribution in [1.29, 1.82) is 0 Å². The van der Waals surface area contributed by atoms with Crippen molar-refractivity contribution in [3.05, 3.63) is 35.5 Å². The number of aromatic amines is 1. The molecule has 1 atom stereocenters. The molecule has 0 spiro atoms. The minimum absolute atomic E-state index is 0.599. The molecule has 0 aliphatic heterocycles. The second kappa shape index (κ2) is 2.85. The lowest BCUT2D eigenvalue weighted by atomic mass is 9.92. The Labute approximate surface area is 83.1 Å². The van der Waals surface area contributed by atoms with Crippen molar-refractivity contribution in [3.8, 4) is 0 Å². The van der Waals surface area contributed by atoms with Crippen molar-refractivity contribution in [1.82, 2.24) is 4.98 Å². The van der Waals surface area contributed by atoms with E-state index in [2.05, 4.69) is 35.0 Å². The van der Waals surface area contributed by atoms with Crippen molar-refractivity contribution in [2.24, 2.45) is 0 Å². The van der Waals surface area contributed by atoms with E-state index < -0.39 is 0 Å². The Morgan fingerprint density at radius 2 is 2.14 bits per heavy atom. The molecule has 4 N–H and O–H groups in total. The average molecular weight is 187 g/mol. The molecule has 0 bridgehead atoms. The zero-order valence-electron chi connectivity index (χ0n) is 8.22. The van der Waals surface area contributed by atoms with Gasteiger partial charge in [-0.05, 0) is 18.1 Å². The van der Waals surface area contributed by atoms with Gasteiger partial charge in [0.05, 0.1) is 6.04 Å². The van der Waals surface area contributed by atoms with Gasteiger partial charge in [0.1, 0.15) is 0 Å². The number of aryl methyl sites for hydroxylation is 1. The van der Waals surface area contributed by atoms with Crippen LogP contribution < -0.4 is 5.73 Å². The molecule has 0 fully saturated rings. The van der Waals surface area contributed by atoms with E-state index in [1.165, 1.54) is 28.6 Å². The zero-order chi connectivity index (χ0) is 9.54.